The van der Waals surface area contributed by atoms with Crippen LogP contribution < -0.4 is 10.6 Å². The number of hydrogen-bond acceptors (Lipinski definition) is 7. The van der Waals surface area contributed by atoms with Gasteiger partial charge in [0.05, 0.1) is 11.5 Å². The molecule has 0 fully saturated rings. The molecule has 1 aromatic heterocycles. The maximum atomic E-state index is 11.8. The summed E-state index contributed by atoms with van der Waals surface area (Å²) in [5.74, 6) is 0.0236. The van der Waals surface area contributed by atoms with E-state index < -0.39 is 11.9 Å². The lowest BCUT2D eigenvalue weighted by Gasteiger charge is -2.09. The molecule has 2 rings (SSSR count). The SMILES string of the molecule is Cc1cc(NC(=O)CSCC(=O)OCC(=O)Nc2ccc(C(C)C)cc2)no1. The number of nitrogens with zero attached hydrogens (tertiary/aromatic N) is 1. The third-order valence-electron chi connectivity index (χ3n) is 3.57. The molecule has 150 valence electrons. The fourth-order valence-corrected chi connectivity index (χ4v) is 2.78. The van der Waals surface area contributed by atoms with Gasteiger partial charge in [-0.3, -0.25) is 14.4 Å². The van der Waals surface area contributed by atoms with E-state index in [9.17, 15) is 14.4 Å². The molecular weight excluding hydrogens is 382 g/mol. The van der Waals surface area contributed by atoms with Gasteiger partial charge in [-0.1, -0.05) is 31.1 Å². The van der Waals surface area contributed by atoms with Gasteiger partial charge >= 0.3 is 5.97 Å². The first-order chi connectivity index (χ1) is 13.3. The van der Waals surface area contributed by atoms with Crippen molar-refractivity contribution in [1.29, 1.82) is 0 Å². The molecule has 28 heavy (non-hydrogen) atoms. The van der Waals surface area contributed by atoms with Crippen LogP contribution in [0, 0.1) is 6.92 Å². The number of carbonyl (C=O) groups excluding carboxylic acids is 3. The lowest BCUT2D eigenvalue weighted by Crippen LogP contribution is -2.22. The van der Waals surface area contributed by atoms with E-state index in [1.54, 1.807) is 25.1 Å². The summed E-state index contributed by atoms with van der Waals surface area (Å²) in [6.07, 6.45) is 0. The Balaban J connectivity index is 1.62. The third-order valence-corrected chi connectivity index (χ3v) is 4.48. The maximum absolute atomic E-state index is 11.8. The average molecular weight is 405 g/mol. The number of thioether (sulfide) groups is 1. The molecule has 8 nitrogen and oxygen atoms in total. The molecule has 2 amide bonds. The van der Waals surface area contributed by atoms with Crippen LogP contribution in [0.4, 0.5) is 11.5 Å². The highest BCUT2D eigenvalue weighted by molar-refractivity contribution is 8.00. The van der Waals surface area contributed by atoms with Gasteiger partial charge in [0.15, 0.2) is 12.4 Å². The van der Waals surface area contributed by atoms with Crippen molar-refractivity contribution in [2.24, 2.45) is 0 Å². The maximum Gasteiger partial charge on any atom is 0.316 e. The normalized spacial score (nSPS) is 10.6. The number of aryl methyl sites for hydroxylation is 1. The highest BCUT2D eigenvalue weighted by Gasteiger charge is 2.11. The molecule has 0 saturated heterocycles. The van der Waals surface area contributed by atoms with Gasteiger partial charge in [-0.2, -0.15) is 0 Å². The summed E-state index contributed by atoms with van der Waals surface area (Å²) >= 11 is 1.08. The van der Waals surface area contributed by atoms with Gasteiger partial charge in [-0.15, -0.1) is 11.8 Å². The van der Waals surface area contributed by atoms with E-state index in [4.69, 9.17) is 9.26 Å². The molecule has 0 radical (unpaired) electrons. The second-order valence-corrected chi connectivity index (χ2v) is 7.33. The molecule has 0 aliphatic carbocycles. The molecule has 9 heteroatoms. The highest BCUT2D eigenvalue weighted by Crippen LogP contribution is 2.17. The van der Waals surface area contributed by atoms with Crippen LogP contribution in [0.5, 0.6) is 0 Å². The predicted molar refractivity (Wildman–Crippen MR) is 107 cm³/mol. The topological polar surface area (TPSA) is 111 Å². The van der Waals surface area contributed by atoms with E-state index in [1.807, 2.05) is 12.1 Å². The molecule has 0 aliphatic rings. The van der Waals surface area contributed by atoms with Gasteiger partial charge in [-0.05, 0) is 30.5 Å². The number of aromatic nitrogens is 1. The Hall–Kier alpha value is -2.81. The van der Waals surface area contributed by atoms with Crippen molar-refractivity contribution in [2.45, 2.75) is 26.7 Å². The summed E-state index contributed by atoms with van der Waals surface area (Å²) in [7, 11) is 0. The van der Waals surface area contributed by atoms with E-state index >= 15 is 0 Å². The molecule has 0 saturated carbocycles. The summed E-state index contributed by atoms with van der Waals surface area (Å²) < 4.78 is 9.75. The molecule has 2 aromatic rings. The Morgan fingerprint density at radius 1 is 1.11 bits per heavy atom. The fraction of sp³-hybridized carbons (Fsp3) is 0.368. The second-order valence-electron chi connectivity index (χ2n) is 6.35. The number of amides is 2. The smallest absolute Gasteiger partial charge is 0.316 e. The van der Waals surface area contributed by atoms with E-state index in [0.29, 0.717) is 23.2 Å². The number of nitrogens with one attached hydrogen (secondary N) is 2. The van der Waals surface area contributed by atoms with E-state index in [0.717, 1.165) is 11.8 Å². The molecule has 0 spiro atoms. The van der Waals surface area contributed by atoms with Gasteiger partial charge in [0.25, 0.3) is 5.91 Å². The van der Waals surface area contributed by atoms with Crippen LogP contribution in [0.2, 0.25) is 0 Å². The molecule has 0 bridgehead atoms. The lowest BCUT2D eigenvalue weighted by atomic mass is 10.0. The second kappa shape index (κ2) is 10.5. The Bertz CT molecular complexity index is 817. The Morgan fingerprint density at radius 3 is 2.43 bits per heavy atom. The standard InChI is InChI=1S/C19H23N3O5S/c1-12(2)14-4-6-15(7-5-14)20-17(23)9-26-19(25)11-28-10-18(24)21-16-8-13(3)27-22-16/h4-8,12H,9-11H2,1-3H3,(H,20,23)(H,21,22,24). The third kappa shape index (κ3) is 7.43. The summed E-state index contributed by atoms with van der Waals surface area (Å²) in [4.78, 5) is 35.2. The number of carbonyl (C=O) groups is 3. The van der Waals surface area contributed by atoms with Gasteiger partial charge in [0.2, 0.25) is 5.91 Å². The summed E-state index contributed by atoms with van der Waals surface area (Å²) in [6.45, 7) is 5.51. The minimum Gasteiger partial charge on any atom is -0.455 e. The Kier molecular flexibility index (Phi) is 8.06. The van der Waals surface area contributed by atoms with Crippen LogP contribution in [0.1, 0.15) is 31.1 Å². The zero-order valence-corrected chi connectivity index (χ0v) is 16.8. The van der Waals surface area contributed by atoms with Crippen LogP contribution >= 0.6 is 11.8 Å². The minimum absolute atomic E-state index is 0.0401. The van der Waals surface area contributed by atoms with Crippen molar-refractivity contribution in [3.05, 3.63) is 41.7 Å². The molecule has 1 heterocycles. The van der Waals surface area contributed by atoms with E-state index in [2.05, 4.69) is 29.6 Å². The first kappa shape index (κ1) is 21.5. The van der Waals surface area contributed by atoms with Crippen LogP contribution in [0.25, 0.3) is 0 Å². The number of rotatable bonds is 9. The van der Waals surface area contributed by atoms with Crippen molar-refractivity contribution < 1.29 is 23.6 Å². The predicted octanol–water partition coefficient (Wildman–Crippen LogP) is 2.96. The monoisotopic (exact) mass is 405 g/mol. The Labute approximate surface area is 167 Å². The molecule has 1 aromatic carbocycles. The summed E-state index contributed by atoms with van der Waals surface area (Å²) in [5.41, 5.74) is 1.81. The van der Waals surface area contributed by atoms with Crippen LogP contribution in [-0.4, -0.2) is 41.1 Å². The number of anilines is 2. The molecule has 2 N–H and O–H groups in total. The van der Waals surface area contributed by atoms with Gasteiger partial charge in [0, 0.05) is 11.8 Å². The number of hydrogen-bond donors (Lipinski definition) is 2. The molecule has 0 unspecified atom stereocenters. The molecular formula is C19H23N3O5S. The van der Waals surface area contributed by atoms with Gasteiger partial charge in [0.1, 0.15) is 5.76 Å². The van der Waals surface area contributed by atoms with Crippen molar-refractivity contribution in [1.82, 2.24) is 5.16 Å². The van der Waals surface area contributed by atoms with Crippen LogP contribution in [-0.2, 0) is 19.1 Å². The lowest BCUT2D eigenvalue weighted by molar-refractivity contribution is -0.144. The van der Waals surface area contributed by atoms with E-state index in [-0.39, 0.29) is 24.0 Å². The van der Waals surface area contributed by atoms with Gasteiger partial charge < -0.3 is 19.9 Å². The quantitative estimate of drug-likeness (QED) is 0.617. The molecule has 0 aliphatic heterocycles. The van der Waals surface area contributed by atoms with Crippen molar-refractivity contribution in [3.8, 4) is 0 Å². The van der Waals surface area contributed by atoms with Crippen LogP contribution in [0.3, 0.4) is 0 Å². The van der Waals surface area contributed by atoms with Gasteiger partial charge in [-0.25, -0.2) is 0 Å². The van der Waals surface area contributed by atoms with E-state index in [1.165, 1.54) is 5.56 Å². The molecule has 0 atom stereocenters. The first-order valence-corrected chi connectivity index (χ1v) is 9.85. The fourth-order valence-electron chi connectivity index (χ4n) is 2.17. The average Bonchev–Trinajstić information content (AvgIpc) is 3.05. The zero-order valence-electron chi connectivity index (χ0n) is 16.0. The number of benzene rings is 1. The highest BCUT2D eigenvalue weighted by atomic mass is 32.2. The van der Waals surface area contributed by atoms with Crippen molar-refractivity contribution >= 4 is 41.1 Å². The van der Waals surface area contributed by atoms with Crippen LogP contribution in [0.15, 0.2) is 34.9 Å². The Morgan fingerprint density at radius 2 is 1.82 bits per heavy atom. The largest absolute Gasteiger partial charge is 0.455 e. The first-order valence-electron chi connectivity index (χ1n) is 8.70. The van der Waals surface area contributed by atoms with Crippen molar-refractivity contribution in [2.75, 3.05) is 28.7 Å². The minimum atomic E-state index is -0.569. The summed E-state index contributed by atoms with van der Waals surface area (Å²) in [5, 5.41) is 8.85. The number of ether oxygens (including phenoxy) is 1. The zero-order chi connectivity index (χ0) is 20.5. The van der Waals surface area contributed by atoms with Crippen molar-refractivity contribution in [3.63, 3.8) is 0 Å². The number of esters is 1. The summed E-state index contributed by atoms with van der Waals surface area (Å²) in [6, 6.07) is 9.08.